The van der Waals surface area contributed by atoms with Gasteiger partial charge in [-0.05, 0) is 174 Å². The third kappa shape index (κ3) is 7.59. The highest BCUT2D eigenvalue weighted by Gasteiger charge is 2.67. The van der Waals surface area contributed by atoms with Crippen molar-refractivity contribution in [2.45, 2.75) is 159 Å². The first-order valence-electron chi connectivity index (χ1n) is 24.2. The maximum absolute atomic E-state index is 11.8. The molecule has 7 nitrogen and oxygen atoms in total. The van der Waals surface area contributed by atoms with Gasteiger partial charge in [0.15, 0.2) is 5.96 Å². The molecule has 10 rings (SSSR count). The van der Waals surface area contributed by atoms with Crippen LogP contribution in [0.5, 0.6) is 0 Å². The number of allylic oxidation sites excluding steroid dienone is 1. The zero-order valence-corrected chi connectivity index (χ0v) is 36.6. The van der Waals surface area contributed by atoms with Gasteiger partial charge in [-0.1, -0.05) is 67.6 Å². The second-order valence-corrected chi connectivity index (χ2v) is 22.2. The summed E-state index contributed by atoms with van der Waals surface area (Å²) >= 11 is 0. The molecule has 1 aliphatic heterocycles. The van der Waals surface area contributed by atoms with Crippen LogP contribution in [0.25, 0.3) is 10.8 Å². The van der Waals surface area contributed by atoms with Crippen molar-refractivity contribution < 1.29 is 19.4 Å². The number of aliphatic hydroxyl groups excluding tert-OH is 1. The molecule has 3 aromatic rings. The summed E-state index contributed by atoms with van der Waals surface area (Å²) in [7, 11) is 0. The van der Waals surface area contributed by atoms with Gasteiger partial charge < -0.3 is 30.4 Å². The second-order valence-electron chi connectivity index (χ2n) is 22.2. The molecular formula is C53H73N3O4. The standard InChI is InChI=1S/C53H73N3O4/c1-34-25-52(23-20-38(26-52)37-15-17-41-18-19-43(57)28-53(41,58)27-37)48-51(3,60-48)22-21-47-45(34)29-50(47,2)42-16-13-36(24-42)30-55-49(54)56-31-39(14-12-35-8-5-4-6-9-35)44-11-7-10-40-32-59-33-46(40)44/h4-11,32-33,36-39,41-43,45,47-48,57-58H,1,12-31H2,2-3H3,(H3,54,55,56). The Bertz CT molecular complexity index is 2050. The summed E-state index contributed by atoms with van der Waals surface area (Å²) in [5, 5.41) is 28.1. The Morgan fingerprint density at radius 1 is 0.900 bits per heavy atom. The highest BCUT2D eigenvalue weighted by molar-refractivity contribution is 5.85. The van der Waals surface area contributed by atoms with E-state index in [9.17, 15) is 10.2 Å². The van der Waals surface area contributed by atoms with E-state index in [4.69, 9.17) is 26.5 Å². The highest BCUT2D eigenvalue weighted by atomic mass is 16.6. The van der Waals surface area contributed by atoms with Crippen LogP contribution in [0.15, 0.2) is 82.6 Å². The predicted octanol–water partition coefficient (Wildman–Crippen LogP) is 10.5. The maximum atomic E-state index is 11.8. The van der Waals surface area contributed by atoms with Gasteiger partial charge in [-0.2, -0.15) is 0 Å². The first kappa shape index (κ1) is 40.9. The number of nitrogens with one attached hydrogen (secondary N) is 1. The van der Waals surface area contributed by atoms with Gasteiger partial charge >= 0.3 is 0 Å². The number of ether oxygens (including phenoxy) is 1. The van der Waals surface area contributed by atoms with E-state index >= 15 is 0 Å². The van der Waals surface area contributed by atoms with E-state index in [0.29, 0.717) is 66.0 Å². The van der Waals surface area contributed by atoms with Crippen molar-refractivity contribution in [1.29, 1.82) is 0 Å². The van der Waals surface area contributed by atoms with Crippen LogP contribution in [0, 0.1) is 52.3 Å². The average Bonchev–Trinajstić information content (AvgIpc) is 3.69. The lowest BCUT2D eigenvalue weighted by Crippen LogP contribution is -2.51. The summed E-state index contributed by atoms with van der Waals surface area (Å²) in [6.07, 6.45) is 23.8. The third-order valence-corrected chi connectivity index (χ3v) is 18.7. The molecule has 1 saturated heterocycles. The Labute approximate surface area is 359 Å². The van der Waals surface area contributed by atoms with Crippen LogP contribution in [0.3, 0.4) is 0 Å². The largest absolute Gasteiger partial charge is 0.471 e. The van der Waals surface area contributed by atoms with E-state index in [1.165, 1.54) is 86.3 Å². The van der Waals surface area contributed by atoms with Crippen LogP contribution in [-0.4, -0.2) is 52.7 Å². The number of nitrogens with two attached hydrogens (primary N) is 1. The van der Waals surface area contributed by atoms with Gasteiger partial charge in [0.1, 0.15) is 0 Å². The van der Waals surface area contributed by atoms with E-state index < -0.39 is 5.60 Å². The number of guanidine groups is 1. The highest BCUT2D eigenvalue weighted by Crippen LogP contribution is 2.69. The number of aliphatic imine (C=N–C) groups is 1. The molecule has 14 unspecified atom stereocenters. The number of rotatable bonds is 10. The van der Waals surface area contributed by atoms with Crippen LogP contribution in [-0.2, 0) is 11.2 Å². The number of epoxide rings is 1. The molecule has 6 aliphatic carbocycles. The Morgan fingerprint density at radius 2 is 1.72 bits per heavy atom. The van der Waals surface area contributed by atoms with E-state index in [0.717, 1.165) is 62.8 Å². The number of fused-ring (bicyclic) bond motifs is 5. The van der Waals surface area contributed by atoms with Gasteiger partial charge in [0.25, 0.3) is 0 Å². The first-order chi connectivity index (χ1) is 28.9. The molecular weight excluding hydrogens is 743 g/mol. The van der Waals surface area contributed by atoms with Gasteiger partial charge in [0.05, 0.1) is 35.9 Å². The number of aliphatic hydroxyl groups is 2. The van der Waals surface area contributed by atoms with Crippen molar-refractivity contribution in [1.82, 2.24) is 5.32 Å². The van der Waals surface area contributed by atoms with Crippen molar-refractivity contribution in [3.63, 3.8) is 0 Å². The van der Waals surface area contributed by atoms with E-state index in [-0.39, 0.29) is 23.0 Å². The minimum atomic E-state index is -0.661. The van der Waals surface area contributed by atoms with Crippen LogP contribution < -0.4 is 11.1 Å². The Morgan fingerprint density at radius 3 is 2.58 bits per heavy atom. The smallest absolute Gasteiger partial charge is 0.188 e. The molecule has 60 heavy (non-hydrogen) atoms. The normalized spacial score (nSPS) is 42.0. The van der Waals surface area contributed by atoms with Gasteiger partial charge in [-0.25, -0.2) is 0 Å². The average molecular weight is 816 g/mol. The number of hydrogen-bond donors (Lipinski definition) is 4. The monoisotopic (exact) mass is 816 g/mol. The van der Waals surface area contributed by atoms with Gasteiger partial charge in [0, 0.05) is 41.6 Å². The topological polar surface area (TPSA) is 117 Å². The number of nitrogens with zero attached hydrogens (tertiary/aromatic N) is 1. The Balaban J connectivity index is 0.751. The van der Waals surface area contributed by atoms with Crippen molar-refractivity contribution in [2.24, 2.45) is 63.0 Å². The number of furan rings is 1. The molecule has 0 radical (unpaired) electrons. The van der Waals surface area contributed by atoms with Crippen molar-refractivity contribution in [2.75, 3.05) is 13.1 Å². The van der Waals surface area contributed by atoms with Gasteiger partial charge in [-0.3, -0.25) is 4.99 Å². The summed E-state index contributed by atoms with van der Waals surface area (Å²) in [6, 6.07) is 17.2. The SMILES string of the molecule is C=C1CC2(CCC(C3CCC4CCC(O)CC4(O)C3)C2)C2OC2(C)CCC2C1CC2(C)C1CCC(CNC(N)=NCC(CCc2ccccc2)c2cccc3cocc23)C1. The predicted molar refractivity (Wildman–Crippen MR) is 240 cm³/mol. The molecule has 2 heterocycles. The van der Waals surface area contributed by atoms with Gasteiger partial charge in [0.2, 0.25) is 0 Å². The molecule has 7 heteroatoms. The molecule has 0 amide bonds. The molecule has 2 aromatic carbocycles. The summed E-state index contributed by atoms with van der Waals surface area (Å²) in [5.41, 5.74) is 10.7. The van der Waals surface area contributed by atoms with Gasteiger partial charge in [-0.15, -0.1) is 0 Å². The Hall–Kier alpha value is -3.13. The molecule has 7 aliphatic rings. The lowest BCUT2D eigenvalue weighted by Gasteiger charge is -2.58. The summed E-state index contributed by atoms with van der Waals surface area (Å²) in [4.78, 5) is 4.96. The minimum absolute atomic E-state index is 0.00547. The maximum Gasteiger partial charge on any atom is 0.188 e. The molecule has 324 valence electrons. The molecule has 6 saturated carbocycles. The molecule has 7 fully saturated rings. The van der Waals surface area contributed by atoms with E-state index in [2.05, 4.69) is 67.7 Å². The molecule has 0 bridgehead atoms. The molecule has 5 N–H and O–H groups in total. The minimum Gasteiger partial charge on any atom is -0.471 e. The zero-order valence-electron chi connectivity index (χ0n) is 36.6. The Kier molecular flexibility index (Phi) is 10.8. The lowest BCUT2D eigenvalue weighted by molar-refractivity contribution is -0.127. The van der Waals surface area contributed by atoms with Crippen molar-refractivity contribution in [3.8, 4) is 0 Å². The van der Waals surface area contributed by atoms with Crippen LogP contribution in [0.1, 0.15) is 140 Å². The van der Waals surface area contributed by atoms with E-state index in [1.54, 1.807) is 0 Å². The fraction of sp³-hybridized carbons (Fsp3) is 0.679. The quantitative estimate of drug-likeness (QED) is 0.0701. The molecule has 1 spiro atoms. The summed E-state index contributed by atoms with van der Waals surface area (Å²) in [6.45, 7) is 11.5. The lowest BCUT2D eigenvalue weighted by atomic mass is 9.46. The van der Waals surface area contributed by atoms with E-state index in [1.807, 2.05) is 12.5 Å². The summed E-state index contributed by atoms with van der Waals surface area (Å²) < 4.78 is 12.5. The van der Waals surface area contributed by atoms with Crippen LogP contribution in [0.4, 0.5) is 0 Å². The third-order valence-electron chi connectivity index (χ3n) is 18.7. The van der Waals surface area contributed by atoms with Crippen molar-refractivity contribution >= 4 is 16.7 Å². The number of benzene rings is 2. The van der Waals surface area contributed by atoms with Crippen LogP contribution >= 0.6 is 0 Å². The van der Waals surface area contributed by atoms with Crippen molar-refractivity contribution in [3.05, 3.63) is 84.3 Å². The number of hydrogen-bond acceptors (Lipinski definition) is 5. The number of aryl methyl sites for hydroxylation is 1. The zero-order chi connectivity index (χ0) is 41.3. The summed E-state index contributed by atoms with van der Waals surface area (Å²) in [5.74, 6) is 5.09. The molecule has 14 atom stereocenters. The molecule has 1 aromatic heterocycles. The first-order valence-corrected chi connectivity index (χ1v) is 24.2. The fourth-order valence-electron chi connectivity index (χ4n) is 15.3. The fourth-order valence-corrected chi connectivity index (χ4v) is 15.3. The second kappa shape index (κ2) is 15.9. The van der Waals surface area contributed by atoms with Crippen LogP contribution in [0.2, 0.25) is 0 Å².